The number of hydrogen-bond donors (Lipinski definition) is 1. The minimum Gasteiger partial charge on any atom is -0.439 e. The molecule has 2 rings (SSSR count). The predicted molar refractivity (Wildman–Crippen MR) is 64.6 cm³/mol. The molecule has 0 fully saturated rings. The van der Waals surface area contributed by atoms with Crippen LogP contribution in [0.25, 0.3) is 11.3 Å². The van der Waals surface area contributed by atoms with Gasteiger partial charge in [-0.15, -0.1) is 0 Å². The highest BCUT2D eigenvalue weighted by atomic mass is 35.5. The molecule has 0 aliphatic carbocycles. The average molecular weight is 257 g/mol. The maximum atomic E-state index is 6.05. The highest BCUT2D eigenvalue weighted by Gasteiger charge is 2.14. The van der Waals surface area contributed by atoms with Gasteiger partial charge in [0.25, 0.3) is 0 Å². The van der Waals surface area contributed by atoms with Crippen molar-refractivity contribution in [3.05, 3.63) is 40.3 Å². The fourth-order valence-electron chi connectivity index (χ4n) is 1.35. The van der Waals surface area contributed by atoms with E-state index in [1.165, 1.54) is 0 Å². The second kappa shape index (κ2) is 4.45. The number of halogens is 2. The van der Waals surface area contributed by atoms with Crippen molar-refractivity contribution < 1.29 is 4.42 Å². The highest BCUT2D eigenvalue weighted by molar-refractivity contribution is 6.39. The van der Waals surface area contributed by atoms with E-state index in [2.05, 4.69) is 4.98 Å². The highest BCUT2D eigenvalue weighted by Crippen LogP contribution is 2.35. The van der Waals surface area contributed by atoms with Crippen molar-refractivity contribution in [3.8, 4) is 11.3 Å². The molecule has 1 aromatic carbocycles. The number of rotatable bonds is 2. The number of benzene rings is 1. The molecule has 5 heteroatoms. The van der Waals surface area contributed by atoms with E-state index in [4.69, 9.17) is 33.4 Å². The number of nitrogens with zero attached hydrogens (tertiary/aromatic N) is 1. The van der Waals surface area contributed by atoms with Gasteiger partial charge in [0, 0.05) is 0 Å². The average Bonchev–Trinajstić information content (AvgIpc) is 2.66. The third kappa shape index (κ3) is 2.07. The molecule has 1 unspecified atom stereocenters. The summed E-state index contributed by atoms with van der Waals surface area (Å²) in [7, 11) is 0. The molecular formula is C11H10Cl2N2O. The number of nitrogens with two attached hydrogens (primary N) is 1. The number of aromatic nitrogens is 1. The Kier molecular flexibility index (Phi) is 3.19. The molecule has 0 bridgehead atoms. The molecule has 0 aliphatic rings. The van der Waals surface area contributed by atoms with Gasteiger partial charge in [0.2, 0.25) is 5.89 Å². The van der Waals surface area contributed by atoms with Gasteiger partial charge in [0.05, 0.1) is 27.8 Å². The fourth-order valence-corrected chi connectivity index (χ4v) is 1.93. The first-order valence-corrected chi connectivity index (χ1v) is 5.51. The Morgan fingerprint density at radius 1 is 1.31 bits per heavy atom. The van der Waals surface area contributed by atoms with Crippen molar-refractivity contribution in [1.29, 1.82) is 0 Å². The van der Waals surface area contributed by atoms with Gasteiger partial charge in [-0.3, -0.25) is 0 Å². The Bertz CT molecular complexity index is 488. The summed E-state index contributed by atoms with van der Waals surface area (Å²) in [4.78, 5) is 4.07. The zero-order valence-electron chi connectivity index (χ0n) is 8.58. The van der Waals surface area contributed by atoms with Crippen LogP contribution in [0.5, 0.6) is 0 Å². The van der Waals surface area contributed by atoms with Crippen LogP contribution in [0.4, 0.5) is 0 Å². The molecule has 2 N–H and O–H groups in total. The van der Waals surface area contributed by atoms with E-state index in [0.29, 0.717) is 27.3 Å². The minimum absolute atomic E-state index is 0.255. The quantitative estimate of drug-likeness (QED) is 0.892. The molecule has 0 saturated heterocycles. The van der Waals surface area contributed by atoms with Crippen LogP contribution in [0.3, 0.4) is 0 Å². The maximum absolute atomic E-state index is 6.05. The minimum atomic E-state index is -0.255. The third-order valence-electron chi connectivity index (χ3n) is 2.12. The molecule has 0 saturated carbocycles. The number of oxazole rings is 1. The van der Waals surface area contributed by atoms with E-state index in [0.717, 1.165) is 0 Å². The fraction of sp³-hybridized carbons (Fsp3) is 0.182. The lowest BCUT2D eigenvalue weighted by Gasteiger charge is -2.03. The summed E-state index contributed by atoms with van der Waals surface area (Å²) in [6.07, 6.45) is 1.58. The first-order chi connectivity index (χ1) is 7.59. The lowest BCUT2D eigenvalue weighted by atomic mass is 10.2. The lowest BCUT2D eigenvalue weighted by Crippen LogP contribution is -2.04. The summed E-state index contributed by atoms with van der Waals surface area (Å²) in [6.45, 7) is 1.80. The van der Waals surface area contributed by atoms with Crippen LogP contribution in [0.1, 0.15) is 18.9 Å². The van der Waals surface area contributed by atoms with E-state index in [1.54, 1.807) is 31.3 Å². The van der Waals surface area contributed by atoms with Crippen molar-refractivity contribution in [1.82, 2.24) is 4.98 Å². The number of hydrogen-bond acceptors (Lipinski definition) is 3. The van der Waals surface area contributed by atoms with Gasteiger partial charge in [-0.25, -0.2) is 4.98 Å². The zero-order chi connectivity index (χ0) is 11.7. The van der Waals surface area contributed by atoms with E-state index in [-0.39, 0.29) is 6.04 Å². The van der Waals surface area contributed by atoms with Crippen LogP contribution in [-0.2, 0) is 0 Å². The molecule has 84 valence electrons. The Morgan fingerprint density at radius 2 is 1.94 bits per heavy atom. The van der Waals surface area contributed by atoms with E-state index >= 15 is 0 Å². The standard InChI is InChI=1S/C11H10Cl2N2O/c1-6(14)11-15-5-9(16-11)10-7(12)3-2-4-8(10)13/h2-6H,14H2,1H3. The third-order valence-corrected chi connectivity index (χ3v) is 2.75. The van der Waals surface area contributed by atoms with Gasteiger partial charge in [0.15, 0.2) is 5.76 Å². The summed E-state index contributed by atoms with van der Waals surface area (Å²) < 4.78 is 5.49. The summed E-state index contributed by atoms with van der Waals surface area (Å²) in [5.74, 6) is 0.994. The van der Waals surface area contributed by atoms with Crippen LogP contribution < -0.4 is 5.73 Å². The lowest BCUT2D eigenvalue weighted by molar-refractivity contribution is 0.474. The van der Waals surface area contributed by atoms with Crippen molar-refractivity contribution >= 4 is 23.2 Å². The van der Waals surface area contributed by atoms with Crippen LogP contribution in [-0.4, -0.2) is 4.98 Å². The summed E-state index contributed by atoms with van der Waals surface area (Å²) in [6, 6.07) is 5.01. The first-order valence-electron chi connectivity index (χ1n) is 4.75. The Morgan fingerprint density at radius 3 is 2.44 bits per heavy atom. The van der Waals surface area contributed by atoms with E-state index in [9.17, 15) is 0 Å². The van der Waals surface area contributed by atoms with Crippen LogP contribution >= 0.6 is 23.2 Å². The molecule has 0 amide bonds. The predicted octanol–water partition coefficient (Wildman–Crippen LogP) is 3.67. The molecule has 16 heavy (non-hydrogen) atoms. The van der Waals surface area contributed by atoms with Crippen LogP contribution in [0, 0.1) is 0 Å². The molecule has 1 heterocycles. The molecular weight excluding hydrogens is 247 g/mol. The van der Waals surface area contributed by atoms with Crippen LogP contribution in [0.15, 0.2) is 28.8 Å². The van der Waals surface area contributed by atoms with Gasteiger partial charge < -0.3 is 10.2 Å². The van der Waals surface area contributed by atoms with E-state index < -0.39 is 0 Å². The van der Waals surface area contributed by atoms with Crippen LogP contribution in [0.2, 0.25) is 10.0 Å². The van der Waals surface area contributed by atoms with Gasteiger partial charge in [-0.2, -0.15) is 0 Å². The maximum Gasteiger partial charge on any atom is 0.211 e. The normalized spacial score (nSPS) is 12.8. The summed E-state index contributed by atoms with van der Waals surface area (Å²) in [5.41, 5.74) is 6.30. The molecule has 1 aromatic heterocycles. The Labute approximate surface area is 103 Å². The largest absolute Gasteiger partial charge is 0.439 e. The smallest absolute Gasteiger partial charge is 0.211 e. The SMILES string of the molecule is CC(N)c1ncc(-c2c(Cl)cccc2Cl)o1. The summed E-state index contributed by atoms with van der Waals surface area (Å²) >= 11 is 12.1. The van der Waals surface area contributed by atoms with Crippen molar-refractivity contribution in [3.63, 3.8) is 0 Å². The molecule has 0 aliphatic heterocycles. The van der Waals surface area contributed by atoms with Gasteiger partial charge in [-0.1, -0.05) is 29.3 Å². The van der Waals surface area contributed by atoms with Crippen molar-refractivity contribution in [2.45, 2.75) is 13.0 Å². The zero-order valence-corrected chi connectivity index (χ0v) is 10.1. The van der Waals surface area contributed by atoms with Gasteiger partial charge >= 0.3 is 0 Å². The summed E-state index contributed by atoms with van der Waals surface area (Å²) in [5, 5.41) is 1.06. The second-order valence-electron chi connectivity index (χ2n) is 3.45. The monoisotopic (exact) mass is 256 g/mol. The topological polar surface area (TPSA) is 52.0 Å². The molecule has 3 nitrogen and oxygen atoms in total. The van der Waals surface area contributed by atoms with Gasteiger partial charge in [-0.05, 0) is 19.1 Å². The first kappa shape index (κ1) is 11.5. The second-order valence-corrected chi connectivity index (χ2v) is 4.26. The molecule has 2 aromatic rings. The Hall–Kier alpha value is -1.03. The van der Waals surface area contributed by atoms with Crippen molar-refractivity contribution in [2.24, 2.45) is 5.73 Å². The molecule has 0 radical (unpaired) electrons. The van der Waals surface area contributed by atoms with Crippen molar-refractivity contribution in [2.75, 3.05) is 0 Å². The Balaban J connectivity index is 2.50. The molecule has 0 spiro atoms. The van der Waals surface area contributed by atoms with E-state index in [1.807, 2.05) is 0 Å². The molecule has 1 atom stereocenters. The van der Waals surface area contributed by atoms with Gasteiger partial charge in [0.1, 0.15) is 0 Å².